The summed E-state index contributed by atoms with van der Waals surface area (Å²) >= 11 is 0. The van der Waals surface area contributed by atoms with Crippen LogP contribution in [0, 0.1) is 5.82 Å². The number of ether oxygens (including phenoxy) is 1. The fraction of sp³-hybridized carbons (Fsp3) is 0.562. The molecule has 1 aliphatic carbocycles. The Bertz CT molecular complexity index is 671. The molecule has 0 atom stereocenters. The van der Waals surface area contributed by atoms with Crippen LogP contribution in [0.4, 0.5) is 4.39 Å². The third kappa shape index (κ3) is 2.07. The number of halogens is 1. The lowest BCUT2D eigenvalue weighted by Crippen LogP contribution is -2.42. The Morgan fingerprint density at radius 1 is 1.33 bits per heavy atom. The highest BCUT2D eigenvalue weighted by Gasteiger charge is 2.41. The lowest BCUT2D eigenvalue weighted by Gasteiger charge is -2.36. The number of rotatable bonds is 3. The highest BCUT2D eigenvalue weighted by molar-refractivity contribution is 5.76. The van der Waals surface area contributed by atoms with Crippen LogP contribution in [0.2, 0.25) is 0 Å². The first-order valence-corrected chi connectivity index (χ1v) is 7.69. The summed E-state index contributed by atoms with van der Waals surface area (Å²) in [7, 11) is 0. The summed E-state index contributed by atoms with van der Waals surface area (Å²) in [4.78, 5) is 4.84. The van der Waals surface area contributed by atoms with E-state index in [-0.39, 0.29) is 11.2 Å². The maximum Gasteiger partial charge on any atom is 0.125 e. The maximum atomic E-state index is 13.6. The van der Waals surface area contributed by atoms with Crippen LogP contribution in [0.1, 0.15) is 37.5 Å². The molecule has 2 heterocycles. The van der Waals surface area contributed by atoms with Crippen molar-refractivity contribution in [2.75, 3.05) is 19.8 Å². The van der Waals surface area contributed by atoms with Gasteiger partial charge in [0.1, 0.15) is 11.6 Å². The van der Waals surface area contributed by atoms with Gasteiger partial charge in [0.15, 0.2) is 0 Å². The van der Waals surface area contributed by atoms with E-state index >= 15 is 0 Å². The molecular formula is C16H20FN3O. The van der Waals surface area contributed by atoms with Gasteiger partial charge in [-0.25, -0.2) is 9.37 Å². The average Bonchev–Trinajstić information content (AvgIpc) is 3.28. The van der Waals surface area contributed by atoms with E-state index in [1.807, 2.05) is 0 Å². The Balaban J connectivity index is 1.92. The van der Waals surface area contributed by atoms with E-state index in [1.165, 1.54) is 6.07 Å². The number of imidazole rings is 1. The van der Waals surface area contributed by atoms with Crippen molar-refractivity contribution in [1.29, 1.82) is 0 Å². The molecule has 1 saturated carbocycles. The van der Waals surface area contributed by atoms with Gasteiger partial charge in [0.2, 0.25) is 0 Å². The second kappa shape index (κ2) is 4.78. The van der Waals surface area contributed by atoms with E-state index in [4.69, 9.17) is 15.5 Å². The Labute approximate surface area is 123 Å². The summed E-state index contributed by atoms with van der Waals surface area (Å²) in [5, 5.41) is 0. The van der Waals surface area contributed by atoms with Gasteiger partial charge in [-0.05, 0) is 43.9 Å². The lowest BCUT2D eigenvalue weighted by molar-refractivity contribution is 0.0488. The first-order valence-electron chi connectivity index (χ1n) is 7.69. The molecule has 0 spiro atoms. The summed E-state index contributed by atoms with van der Waals surface area (Å²) in [5.74, 6) is 0.834. The fourth-order valence-electron chi connectivity index (χ4n) is 3.42. The van der Waals surface area contributed by atoms with Gasteiger partial charge in [-0.1, -0.05) is 0 Å². The highest BCUT2D eigenvalue weighted by atomic mass is 19.1. The summed E-state index contributed by atoms with van der Waals surface area (Å²) in [6.45, 7) is 2.01. The summed E-state index contributed by atoms with van der Waals surface area (Å²) < 4.78 is 21.4. The van der Waals surface area contributed by atoms with Gasteiger partial charge in [0.05, 0.1) is 11.0 Å². The van der Waals surface area contributed by atoms with Crippen molar-refractivity contribution in [2.45, 2.75) is 37.1 Å². The Morgan fingerprint density at radius 2 is 2.10 bits per heavy atom. The smallest absolute Gasteiger partial charge is 0.125 e. The highest BCUT2D eigenvalue weighted by Crippen LogP contribution is 2.43. The van der Waals surface area contributed by atoms with E-state index in [9.17, 15) is 4.39 Å². The fourth-order valence-corrected chi connectivity index (χ4v) is 3.42. The van der Waals surface area contributed by atoms with Crippen LogP contribution < -0.4 is 5.73 Å². The van der Waals surface area contributed by atoms with Crippen LogP contribution in [0.3, 0.4) is 0 Å². The van der Waals surface area contributed by atoms with Crippen LogP contribution in [0.5, 0.6) is 0 Å². The van der Waals surface area contributed by atoms with Crippen molar-refractivity contribution in [1.82, 2.24) is 9.55 Å². The molecule has 4 rings (SSSR count). The van der Waals surface area contributed by atoms with E-state index in [0.717, 1.165) is 55.8 Å². The normalized spacial score (nSPS) is 21.8. The van der Waals surface area contributed by atoms with Crippen molar-refractivity contribution in [3.8, 4) is 0 Å². The molecule has 1 aromatic carbocycles. The molecule has 112 valence electrons. The zero-order chi connectivity index (χ0) is 14.4. The molecule has 2 aromatic rings. The van der Waals surface area contributed by atoms with E-state index in [1.54, 1.807) is 12.1 Å². The maximum absolute atomic E-state index is 13.6. The molecule has 2 N–H and O–H groups in total. The molecule has 0 radical (unpaired) electrons. The molecule has 1 aliphatic heterocycles. The van der Waals surface area contributed by atoms with Crippen LogP contribution >= 0.6 is 0 Å². The predicted octanol–water partition coefficient (Wildman–Crippen LogP) is 2.52. The van der Waals surface area contributed by atoms with Crippen LogP contribution in [-0.4, -0.2) is 29.3 Å². The zero-order valence-corrected chi connectivity index (χ0v) is 12.0. The van der Waals surface area contributed by atoms with Crippen molar-refractivity contribution in [3.63, 3.8) is 0 Å². The third-order valence-electron chi connectivity index (χ3n) is 4.88. The minimum absolute atomic E-state index is 0.129. The molecule has 0 unspecified atom stereocenters. The summed E-state index contributed by atoms with van der Waals surface area (Å²) in [5.41, 5.74) is 7.78. The standard InChI is InChI=1S/C16H20FN3O/c17-11-1-4-13-14(9-11)20(12-2-3-12)15(19-13)16(10-18)5-7-21-8-6-16/h1,4,9,12H,2-3,5-8,10,18H2. The van der Waals surface area contributed by atoms with Gasteiger partial charge in [-0.3, -0.25) is 0 Å². The molecule has 5 heteroatoms. The molecule has 4 nitrogen and oxygen atoms in total. The minimum atomic E-state index is -0.204. The first kappa shape index (κ1) is 13.2. The number of nitrogens with zero attached hydrogens (tertiary/aromatic N) is 2. The second-order valence-electron chi connectivity index (χ2n) is 6.27. The molecule has 2 fully saturated rings. The lowest BCUT2D eigenvalue weighted by atomic mass is 9.79. The monoisotopic (exact) mass is 289 g/mol. The zero-order valence-electron chi connectivity index (χ0n) is 12.0. The van der Waals surface area contributed by atoms with E-state index in [2.05, 4.69) is 4.57 Å². The minimum Gasteiger partial charge on any atom is -0.381 e. The Kier molecular flexibility index (Phi) is 3.01. The van der Waals surface area contributed by atoms with Crippen molar-refractivity contribution >= 4 is 11.0 Å². The molecular weight excluding hydrogens is 269 g/mol. The van der Waals surface area contributed by atoms with Gasteiger partial charge in [0, 0.05) is 31.2 Å². The molecule has 2 aliphatic rings. The topological polar surface area (TPSA) is 53.1 Å². The quantitative estimate of drug-likeness (QED) is 0.944. The number of benzene rings is 1. The van der Waals surface area contributed by atoms with Gasteiger partial charge in [-0.15, -0.1) is 0 Å². The average molecular weight is 289 g/mol. The molecule has 0 bridgehead atoms. The van der Waals surface area contributed by atoms with Crippen LogP contribution in [0.25, 0.3) is 11.0 Å². The number of hydrogen-bond donors (Lipinski definition) is 1. The Hall–Kier alpha value is -1.46. The first-order chi connectivity index (χ1) is 10.2. The molecule has 1 aromatic heterocycles. The number of aromatic nitrogens is 2. The number of fused-ring (bicyclic) bond motifs is 1. The van der Waals surface area contributed by atoms with Gasteiger partial charge >= 0.3 is 0 Å². The van der Waals surface area contributed by atoms with Crippen molar-refractivity contribution in [3.05, 3.63) is 29.8 Å². The largest absolute Gasteiger partial charge is 0.381 e. The van der Waals surface area contributed by atoms with E-state index < -0.39 is 0 Å². The van der Waals surface area contributed by atoms with Gasteiger partial charge in [-0.2, -0.15) is 0 Å². The van der Waals surface area contributed by atoms with E-state index in [0.29, 0.717) is 12.6 Å². The number of hydrogen-bond acceptors (Lipinski definition) is 3. The SMILES string of the molecule is NCC1(c2nc3ccc(F)cc3n2C2CC2)CCOCC1. The van der Waals surface area contributed by atoms with Crippen molar-refractivity contribution in [2.24, 2.45) is 5.73 Å². The number of nitrogens with two attached hydrogens (primary N) is 1. The molecule has 0 amide bonds. The van der Waals surface area contributed by atoms with Crippen LogP contribution in [-0.2, 0) is 10.2 Å². The Morgan fingerprint density at radius 3 is 2.76 bits per heavy atom. The second-order valence-corrected chi connectivity index (χ2v) is 6.27. The van der Waals surface area contributed by atoms with Gasteiger partial charge in [0.25, 0.3) is 0 Å². The van der Waals surface area contributed by atoms with Gasteiger partial charge < -0.3 is 15.0 Å². The van der Waals surface area contributed by atoms with Crippen LogP contribution in [0.15, 0.2) is 18.2 Å². The summed E-state index contributed by atoms with van der Waals surface area (Å²) in [6, 6.07) is 5.32. The summed E-state index contributed by atoms with van der Waals surface area (Å²) in [6.07, 6.45) is 4.07. The molecule has 1 saturated heterocycles. The van der Waals surface area contributed by atoms with Crippen molar-refractivity contribution < 1.29 is 9.13 Å². The predicted molar refractivity (Wildman–Crippen MR) is 78.7 cm³/mol. The molecule has 21 heavy (non-hydrogen) atoms. The third-order valence-corrected chi connectivity index (χ3v) is 4.88.